The molecule has 0 fully saturated rings. The lowest BCUT2D eigenvalue weighted by Crippen LogP contribution is -2.35. The molecule has 1 heterocycles. The average molecular weight is 369 g/mol. The minimum absolute atomic E-state index is 0.0416. The zero-order chi connectivity index (χ0) is 19.2. The van der Waals surface area contributed by atoms with Crippen molar-refractivity contribution in [2.24, 2.45) is 0 Å². The molecule has 26 heavy (non-hydrogen) atoms. The number of amides is 1. The van der Waals surface area contributed by atoms with Crippen molar-refractivity contribution in [2.45, 2.75) is 58.3 Å². The van der Waals surface area contributed by atoms with Gasteiger partial charge in [-0.05, 0) is 30.7 Å². The first kappa shape index (κ1) is 19.9. The fourth-order valence-corrected chi connectivity index (χ4v) is 2.48. The maximum Gasteiger partial charge on any atom is 0.416 e. The second kappa shape index (κ2) is 8.77. The molecule has 1 N–H and O–H groups in total. The zero-order valence-electron chi connectivity index (χ0n) is 14.8. The normalized spacial score (nSPS) is 12.8. The summed E-state index contributed by atoms with van der Waals surface area (Å²) in [5.41, 5.74) is -0.593. The maximum absolute atomic E-state index is 12.8. The zero-order valence-corrected chi connectivity index (χ0v) is 14.8. The third-order valence-electron chi connectivity index (χ3n) is 3.83. The monoisotopic (exact) mass is 369 g/mol. The molecule has 0 radical (unpaired) electrons. The summed E-state index contributed by atoms with van der Waals surface area (Å²) >= 11 is 0. The van der Waals surface area contributed by atoms with Crippen LogP contribution in [0, 0.1) is 0 Å². The van der Waals surface area contributed by atoms with E-state index in [0.29, 0.717) is 0 Å². The van der Waals surface area contributed by atoms with Gasteiger partial charge in [0.1, 0.15) is 6.54 Å². The Labute approximate surface area is 149 Å². The van der Waals surface area contributed by atoms with Crippen molar-refractivity contribution in [2.75, 3.05) is 0 Å². The number of carbonyl (C=O) groups is 1. The van der Waals surface area contributed by atoms with E-state index in [2.05, 4.69) is 27.7 Å². The Morgan fingerprint density at radius 3 is 2.77 bits per heavy atom. The summed E-state index contributed by atoms with van der Waals surface area (Å²) in [7, 11) is 0. The number of nitrogens with one attached hydrogen (secondary N) is 1. The summed E-state index contributed by atoms with van der Waals surface area (Å²) in [6.45, 7) is 3.90. The number of nitrogens with zero attached hydrogens (tertiary/aromatic N) is 4. The van der Waals surface area contributed by atoms with Crippen molar-refractivity contribution < 1.29 is 18.0 Å². The number of carbonyl (C=O) groups excluding carboxylic acids is 1. The van der Waals surface area contributed by atoms with E-state index in [0.717, 1.165) is 42.6 Å². The molecule has 0 saturated heterocycles. The van der Waals surface area contributed by atoms with E-state index >= 15 is 0 Å². The molecule has 0 unspecified atom stereocenters. The summed E-state index contributed by atoms with van der Waals surface area (Å²) in [5.74, 6) is -0.220. The highest BCUT2D eigenvalue weighted by atomic mass is 19.4. The van der Waals surface area contributed by atoms with Gasteiger partial charge in [0.25, 0.3) is 0 Å². The van der Waals surface area contributed by atoms with Crippen molar-refractivity contribution in [1.29, 1.82) is 0 Å². The van der Waals surface area contributed by atoms with Gasteiger partial charge in [-0.2, -0.15) is 18.0 Å². The largest absolute Gasteiger partial charge is 0.416 e. The third-order valence-corrected chi connectivity index (χ3v) is 3.83. The Morgan fingerprint density at radius 1 is 1.31 bits per heavy atom. The number of halogens is 3. The highest BCUT2D eigenvalue weighted by Gasteiger charge is 2.30. The Balaban J connectivity index is 1.96. The highest BCUT2D eigenvalue weighted by molar-refractivity contribution is 5.75. The van der Waals surface area contributed by atoms with E-state index < -0.39 is 11.7 Å². The summed E-state index contributed by atoms with van der Waals surface area (Å²) in [4.78, 5) is 13.1. The van der Waals surface area contributed by atoms with Gasteiger partial charge in [0.05, 0.1) is 5.56 Å². The van der Waals surface area contributed by atoms with Crippen molar-refractivity contribution in [3.8, 4) is 11.4 Å². The maximum atomic E-state index is 12.8. The van der Waals surface area contributed by atoms with Gasteiger partial charge in [-0.25, -0.2) is 0 Å². The first-order valence-electron chi connectivity index (χ1n) is 8.54. The molecule has 1 aromatic heterocycles. The highest BCUT2D eigenvalue weighted by Crippen LogP contribution is 2.31. The predicted molar refractivity (Wildman–Crippen MR) is 90.0 cm³/mol. The topological polar surface area (TPSA) is 72.7 Å². The molecule has 0 bridgehead atoms. The lowest BCUT2D eigenvalue weighted by Gasteiger charge is -2.12. The number of tetrazole rings is 1. The van der Waals surface area contributed by atoms with E-state index in [1.807, 2.05) is 6.92 Å². The Bertz CT molecular complexity index is 729. The van der Waals surface area contributed by atoms with Crippen LogP contribution in [0.1, 0.15) is 45.1 Å². The Kier molecular flexibility index (Phi) is 6.70. The fourth-order valence-electron chi connectivity index (χ4n) is 2.48. The first-order chi connectivity index (χ1) is 12.3. The molecule has 2 aromatic rings. The number of hydrogen-bond donors (Lipinski definition) is 1. The molecule has 0 aliphatic rings. The minimum Gasteiger partial charge on any atom is -0.352 e. The van der Waals surface area contributed by atoms with Gasteiger partial charge in [-0.15, -0.1) is 10.2 Å². The number of hydrogen-bond acceptors (Lipinski definition) is 4. The van der Waals surface area contributed by atoms with Crippen LogP contribution in [-0.4, -0.2) is 32.2 Å². The lowest BCUT2D eigenvalue weighted by atomic mass is 10.1. The van der Waals surface area contributed by atoms with E-state index in [1.165, 1.54) is 12.1 Å². The Morgan fingerprint density at radius 2 is 2.08 bits per heavy atom. The van der Waals surface area contributed by atoms with Crippen LogP contribution in [0.5, 0.6) is 0 Å². The number of rotatable bonds is 8. The molecular weight excluding hydrogens is 347 g/mol. The smallest absolute Gasteiger partial charge is 0.352 e. The van der Waals surface area contributed by atoms with Gasteiger partial charge in [0, 0.05) is 11.6 Å². The molecule has 1 atom stereocenters. The molecule has 142 valence electrons. The molecule has 1 amide bonds. The van der Waals surface area contributed by atoms with Crippen molar-refractivity contribution in [3.05, 3.63) is 29.8 Å². The molecule has 1 aromatic carbocycles. The van der Waals surface area contributed by atoms with Crippen molar-refractivity contribution in [1.82, 2.24) is 25.5 Å². The van der Waals surface area contributed by atoms with Gasteiger partial charge < -0.3 is 5.32 Å². The third kappa shape index (κ3) is 5.82. The van der Waals surface area contributed by atoms with E-state index in [-0.39, 0.29) is 29.9 Å². The van der Waals surface area contributed by atoms with E-state index in [1.54, 1.807) is 0 Å². The van der Waals surface area contributed by atoms with E-state index in [9.17, 15) is 18.0 Å². The first-order valence-corrected chi connectivity index (χ1v) is 8.54. The standard InChI is InChI=1S/C17H22F3N5O/c1-3-4-5-7-12(2)21-15(26)11-25-23-16(22-24-25)13-8-6-9-14(10-13)17(18,19)20/h6,8-10,12H,3-5,7,11H2,1-2H3,(H,21,26)/t12-/m1/s1. The van der Waals surface area contributed by atoms with Crippen LogP contribution in [0.25, 0.3) is 11.4 Å². The summed E-state index contributed by atoms with van der Waals surface area (Å²) in [6, 6.07) is 4.72. The van der Waals surface area contributed by atoms with E-state index in [4.69, 9.17) is 0 Å². The molecular formula is C17H22F3N5O. The second-order valence-corrected chi connectivity index (χ2v) is 6.19. The number of benzene rings is 1. The lowest BCUT2D eigenvalue weighted by molar-refractivity contribution is -0.137. The summed E-state index contributed by atoms with van der Waals surface area (Å²) in [6.07, 6.45) is -0.286. The molecule has 0 spiro atoms. The van der Waals surface area contributed by atoms with Gasteiger partial charge >= 0.3 is 6.18 Å². The van der Waals surface area contributed by atoms with Crippen molar-refractivity contribution >= 4 is 5.91 Å². The number of alkyl halides is 3. The van der Waals surface area contributed by atoms with Gasteiger partial charge in [0.2, 0.25) is 11.7 Å². The fraction of sp³-hybridized carbons (Fsp3) is 0.529. The minimum atomic E-state index is -4.44. The van der Waals surface area contributed by atoms with Gasteiger partial charge in [-0.3, -0.25) is 4.79 Å². The van der Waals surface area contributed by atoms with Crippen LogP contribution in [0.2, 0.25) is 0 Å². The van der Waals surface area contributed by atoms with Crippen LogP contribution in [0.4, 0.5) is 13.2 Å². The predicted octanol–water partition coefficient (Wildman–Crippen LogP) is 3.44. The van der Waals surface area contributed by atoms with Crippen LogP contribution < -0.4 is 5.32 Å². The van der Waals surface area contributed by atoms with Gasteiger partial charge in [0.15, 0.2) is 0 Å². The van der Waals surface area contributed by atoms with Gasteiger partial charge in [-0.1, -0.05) is 38.3 Å². The molecule has 0 saturated carbocycles. The second-order valence-electron chi connectivity index (χ2n) is 6.19. The number of aromatic nitrogens is 4. The quantitative estimate of drug-likeness (QED) is 0.724. The molecule has 9 heteroatoms. The Hall–Kier alpha value is -2.45. The molecule has 2 rings (SSSR count). The van der Waals surface area contributed by atoms with Crippen LogP contribution in [-0.2, 0) is 17.5 Å². The SMILES string of the molecule is CCCCC[C@@H](C)NC(=O)Cn1nnc(-c2cccc(C(F)(F)F)c2)n1. The summed E-state index contributed by atoms with van der Waals surface area (Å²) < 4.78 is 38.3. The van der Waals surface area contributed by atoms with Crippen LogP contribution in [0.15, 0.2) is 24.3 Å². The van der Waals surface area contributed by atoms with Crippen molar-refractivity contribution in [3.63, 3.8) is 0 Å². The molecule has 6 nitrogen and oxygen atoms in total. The molecule has 0 aliphatic heterocycles. The average Bonchev–Trinajstić information content (AvgIpc) is 3.02. The molecule has 0 aliphatic carbocycles. The summed E-state index contributed by atoms with van der Waals surface area (Å²) in [5, 5.41) is 14.3. The number of unbranched alkanes of at least 4 members (excludes halogenated alkanes) is 2. The van der Waals surface area contributed by atoms with Crippen LogP contribution in [0.3, 0.4) is 0 Å². The van der Waals surface area contributed by atoms with Crippen LogP contribution >= 0.6 is 0 Å².